The van der Waals surface area contributed by atoms with Crippen LogP contribution in [0.25, 0.3) is 22.3 Å². The smallest absolute Gasteiger partial charge is 0.263 e. The van der Waals surface area contributed by atoms with Crippen molar-refractivity contribution in [1.29, 1.82) is 0 Å². The molecule has 10 nitrogen and oxygen atoms in total. The zero-order valence-electron chi connectivity index (χ0n) is 18.1. The van der Waals surface area contributed by atoms with Crippen molar-refractivity contribution in [2.45, 2.75) is 11.4 Å². The highest BCUT2D eigenvalue weighted by molar-refractivity contribution is 7.92. The van der Waals surface area contributed by atoms with Gasteiger partial charge in [-0.1, -0.05) is 41.4 Å². The average molecular weight is 560 g/mol. The first-order valence-corrected chi connectivity index (χ1v) is 13.4. The molecular weight excluding hydrogens is 545 g/mol. The summed E-state index contributed by atoms with van der Waals surface area (Å²) in [5, 5.41) is 18.6. The molecule has 36 heavy (non-hydrogen) atoms. The lowest BCUT2D eigenvalue weighted by Gasteiger charge is -2.11. The monoisotopic (exact) mass is 559 g/mol. The number of anilines is 1. The standard InChI is InChI=1S/C22H15Cl2N7O3S2/c23-16-2-1-3-18(20(16)24)36(33,34)31-13-6-4-12(5-7-13)17-8-14(15-9-26-30-21(15)28-17)22(32)25-10-19-29-27-11-35-19/h1-9,11,31H,10H2,(H,25,32)(H,26,28,30). The summed E-state index contributed by atoms with van der Waals surface area (Å²) < 4.78 is 28.1. The van der Waals surface area contributed by atoms with Gasteiger partial charge in [0.2, 0.25) is 0 Å². The first-order chi connectivity index (χ1) is 17.3. The van der Waals surface area contributed by atoms with Crippen molar-refractivity contribution in [2.75, 3.05) is 4.72 Å². The molecule has 0 bridgehead atoms. The zero-order chi connectivity index (χ0) is 25.3. The van der Waals surface area contributed by atoms with E-state index < -0.39 is 10.0 Å². The first kappa shape index (κ1) is 24.1. The van der Waals surface area contributed by atoms with E-state index >= 15 is 0 Å². The van der Waals surface area contributed by atoms with Crippen molar-refractivity contribution >= 4 is 67.2 Å². The number of benzene rings is 2. The molecule has 5 aromatic rings. The topological polar surface area (TPSA) is 143 Å². The number of halogens is 2. The van der Waals surface area contributed by atoms with Crippen molar-refractivity contribution in [3.8, 4) is 11.3 Å². The zero-order valence-corrected chi connectivity index (χ0v) is 21.2. The summed E-state index contributed by atoms with van der Waals surface area (Å²) >= 11 is 13.4. The van der Waals surface area contributed by atoms with Gasteiger partial charge in [0.15, 0.2) is 5.65 Å². The molecule has 0 atom stereocenters. The molecule has 3 aromatic heterocycles. The van der Waals surface area contributed by atoms with Crippen LogP contribution in [0.4, 0.5) is 5.69 Å². The Balaban J connectivity index is 1.40. The maximum Gasteiger partial charge on any atom is 0.263 e. The molecule has 3 heterocycles. The Labute approximate surface area is 218 Å². The van der Waals surface area contributed by atoms with Crippen LogP contribution in [0.2, 0.25) is 10.0 Å². The number of H-pyrrole nitrogens is 1. The van der Waals surface area contributed by atoms with Gasteiger partial charge in [0.1, 0.15) is 15.4 Å². The highest BCUT2D eigenvalue weighted by atomic mass is 35.5. The van der Waals surface area contributed by atoms with E-state index in [9.17, 15) is 13.2 Å². The van der Waals surface area contributed by atoms with Crippen LogP contribution in [-0.2, 0) is 16.6 Å². The number of sulfonamides is 1. The van der Waals surface area contributed by atoms with Gasteiger partial charge in [-0.25, -0.2) is 13.4 Å². The van der Waals surface area contributed by atoms with Crippen molar-refractivity contribution in [3.05, 3.63) is 80.9 Å². The minimum atomic E-state index is -3.97. The fourth-order valence-corrected chi connectivity index (χ4v) is 5.69. The molecule has 5 rings (SSSR count). The van der Waals surface area contributed by atoms with Crippen molar-refractivity contribution < 1.29 is 13.2 Å². The van der Waals surface area contributed by atoms with Crippen LogP contribution >= 0.6 is 34.5 Å². The van der Waals surface area contributed by atoms with E-state index in [0.717, 1.165) is 0 Å². The molecule has 0 aliphatic rings. The van der Waals surface area contributed by atoms with E-state index in [1.54, 1.807) is 35.8 Å². The quantitative estimate of drug-likeness (QED) is 0.266. The molecule has 0 aliphatic heterocycles. The van der Waals surface area contributed by atoms with E-state index in [1.807, 2.05) is 0 Å². The Kier molecular flexibility index (Phi) is 6.58. The predicted octanol–water partition coefficient (Wildman–Crippen LogP) is 4.51. The number of amides is 1. The maximum absolute atomic E-state index is 12.9. The van der Waals surface area contributed by atoms with Gasteiger partial charge in [0.05, 0.1) is 39.4 Å². The number of carbonyl (C=O) groups excluding carboxylic acids is 1. The van der Waals surface area contributed by atoms with E-state index in [2.05, 4.69) is 35.4 Å². The van der Waals surface area contributed by atoms with Gasteiger partial charge in [-0.05, 0) is 30.3 Å². The molecule has 0 fully saturated rings. The third-order valence-corrected chi connectivity index (χ3v) is 8.16. The third-order valence-electron chi connectivity index (χ3n) is 5.11. The maximum atomic E-state index is 12.9. The van der Waals surface area contributed by atoms with Gasteiger partial charge in [0.25, 0.3) is 15.9 Å². The number of fused-ring (bicyclic) bond motifs is 1. The summed E-state index contributed by atoms with van der Waals surface area (Å²) in [7, 11) is -3.97. The lowest BCUT2D eigenvalue weighted by Crippen LogP contribution is -2.23. The van der Waals surface area contributed by atoms with Crippen LogP contribution in [0.15, 0.2) is 65.1 Å². The average Bonchev–Trinajstić information content (AvgIpc) is 3.56. The molecule has 0 saturated heterocycles. The number of aromatic nitrogens is 5. The Hall–Kier alpha value is -3.58. The fourth-order valence-electron chi connectivity index (χ4n) is 3.40. The fraction of sp³-hybridized carbons (Fsp3) is 0.0455. The Morgan fingerprint density at radius 3 is 2.67 bits per heavy atom. The molecule has 0 radical (unpaired) electrons. The number of nitrogens with one attached hydrogen (secondary N) is 3. The second kappa shape index (κ2) is 9.82. The van der Waals surface area contributed by atoms with E-state index in [-0.39, 0.29) is 27.4 Å². The minimum absolute atomic E-state index is 0.0581. The normalized spacial score (nSPS) is 11.5. The molecule has 3 N–H and O–H groups in total. The number of hydrogen-bond acceptors (Lipinski definition) is 8. The van der Waals surface area contributed by atoms with Crippen LogP contribution in [0.5, 0.6) is 0 Å². The number of carbonyl (C=O) groups is 1. The molecule has 0 saturated carbocycles. The van der Waals surface area contributed by atoms with Gasteiger partial charge in [-0.3, -0.25) is 14.6 Å². The Morgan fingerprint density at radius 1 is 1.11 bits per heavy atom. The Morgan fingerprint density at radius 2 is 1.92 bits per heavy atom. The highest BCUT2D eigenvalue weighted by Gasteiger charge is 2.20. The van der Waals surface area contributed by atoms with E-state index in [1.165, 1.54) is 35.7 Å². The number of rotatable bonds is 7. The summed E-state index contributed by atoms with van der Waals surface area (Å²) in [5.74, 6) is -0.317. The number of nitrogens with zero attached hydrogens (tertiary/aromatic N) is 4. The van der Waals surface area contributed by atoms with Crippen molar-refractivity contribution in [2.24, 2.45) is 0 Å². The summed E-state index contributed by atoms with van der Waals surface area (Å²) in [5.41, 5.74) is 3.89. The van der Waals surface area contributed by atoms with Crippen LogP contribution in [-0.4, -0.2) is 39.7 Å². The van der Waals surface area contributed by atoms with Crippen molar-refractivity contribution in [1.82, 2.24) is 30.7 Å². The van der Waals surface area contributed by atoms with Crippen LogP contribution in [0.1, 0.15) is 15.4 Å². The number of hydrogen-bond donors (Lipinski definition) is 3. The molecular formula is C22H15Cl2N7O3S2. The van der Waals surface area contributed by atoms with Crippen LogP contribution in [0, 0.1) is 0 Å². The molecule has 2 aromatic carbocycles. The summed E-state index contributed by atoms with van der Waals surface area (Å²) in [6.45, 7) is 0.242. The second-order valence-electron chi connectivity index (χ2n) is 7.44. The van der Waals surface area contributed by atoms with Gasteiger partial charge in [-0.2, -0.15) is 5.10 Å². The predicted molar refractivity (Wildman–Crippen MR) is 138 cm³/mol. The molecule has 0 aliphatic carbocycles. The lowest BCUT2D eigenvalue weighted by molar-refractivity contribution is 0.0952. The van der Waals surface area contributed by atoms with E-state index in [0.29, 0.717) is 38.5 Å². The summed E-state index contributed by atoms with van der Waals surface area (Å²) in [6, 6.07) is 12.6. The minimum Gasteiger partial charge on any atom is -0.345 e. The van der Waals surface area contributed by atoms with Gasteiger partial charge in [-0.15, -0.1) is 21.5 Å². The largest absolute Gasteiger partial charge is 0.345 e. The van der Waals surface area contributed by atoms with Crippen molar-refractivity contribution in [3.63, 3.8) is 0 Å². The van der Waals surface area contributed by atoms with Gasteiger partial charge >= 0.3 is 0 Å². The van der Waals surface area contributed by atoms with Gasteiger partial charge < -0.3 is 5.32 Å². The second-order valence-corrected chi connectivity index (χ2v) is 10.8. The molecule has 14 heteroatoms. The molecule has 0 unspecified atom stereocenters. The summed E-state index contributed by atoms with van der Waals surface area (Å²) in [4.78, 5) is 17.3. The third kappa shape index (κ3) is 4.88. The molecule has 1 amide bonds. The first-order valence-electron chi connectivity index (χ1n) is 10.3. The Bertz CT molecular complexity index is 1670. The highest BCUT2D eigenvalue weighted by Crippen LogP contribution is 2.31. The van der Waals surface area contributed by atoms with Crippen LogP contribution < -0.4 is 10.0 Å². The van der Waals surface area contributed by atoms with E-state index in [4.69, 9.17) is 23.2 Å². The number of pyridine rings is 1. The molecule has 0 spiro atoms. The van der Waals surface area contributed by atoms with Crippen LogP contribution in [0.3, 0.4) is 0 Å². The SMILES string of the molecule is O=C(NCc1nncs1)c1cc(-c2ccc(NS(=O)(=O)c3cccc(Cl)c3Cl)cc2)nc2[nH]ncc12. The number of aromatic amines is 1. The summed E-state index contributed by atoms with van der Waals surface area (Å²) in [6.07, 6.45) is 1.53. The lowest BCUT2D eigenvalue weighted by atomic mass is 10.1. The van der Waals surface area contributed by atoms with Gasteiger partial charge in [0, 0.05) is 11.3 Å². The molecule has 182 valence electrons.